The smallest absolute Gasteiger partial charge is 0.243 e. The highest BCUT2D eigenvalue weighted by molar-refractivity contribution is 7.89. The first kappa shape index (κ1) is 19.5. The standard InChI is InChI=1S/C18H23FN4O3S/c1-3-16-17(19)18(21-13-20-16)22-9-4-10-23(12-11-22)27(24,25)15-7-5-14(26-2)6-8-15/h5-8,13H,3-4,9-12H2,1-2H3. The van der Waals surface area contributed by atoms with Gasteiger partial charge < -0.3 is 9.64 Å². The van der Waals surface area contributed by atoms with Crippen molar-refractivity contribution in [3.05, 3.63) is 42.1 Å². The lowest BCUT2D eigenvalue weighted by Gasteiger charge is -2.23. The normalized spacial score (nSPS) is 16.2. The molecule has 0 spiro atoms. The largest absolute Gasteiger partial charge is 0.497 e. The molecule has 0 aliphatic carbocycles. The average molecular weight is 394 g/mol. The van der Waals surface area contributed by atoms with Crippen LogP contribution >= 0.6 is 0 Å². The number of aryl methyl sites for hydroxylation is 1. The molecule has 1 fully saturated rings. The number of nitrogens with zero attached hydrogens (tertiary/aromatic N) is 4. The van der Waals surface area contributed by atoms with E-state index in [0.29, 0.717) is 43.9 Å². The van der Waals surface area contributed by atoms with Crippen LogP contribution in [-0.4, -0.2) is 56.0 Å². The molecule has 1 aliphatic heterocycles. The van der Waals surface area contributed by atoms with Gasteiger partial charge in [-0.1, -0.05) is 6.92 Å². The highest BCUT2D eigenvalue weighted by atomic mass is 32.2. The Bertz CT molecular complexity index is 890. The molecule has 3 rings (SSSR count). The molecular weight excluding hydrogens is 371 g/mol. The Morgan fingerprint density at radius 1 is 1.11 bits per heavy atom. The topological polar surface area (TPSA) is 75.6 Å². The van der Waals surface area contributed by atoms with Crippen molar-refractivity contribution in [3.63, 3.8) is 0 Å². The van der Waals surface area contributed by atoms with Gasteiger partial charge in [-0.2, -0.15) is 4.31 Å². The van der Waals surface area contributed by atoms with Gasteiger partial charge in [0.25, 0.3) is 0 Å². The minimum atomic E-state index is -3.61. The van der Waals surface area contributed by atoms with E-state index in [1.807, 2.05) is 6.92 Å². The van der Waals surface area contributed by atoms with Gasteiger partial charge in [0.1, 0.15) is 12.1 Å². The monoisotopic (exact) mass is 394 g/mol. The van der Waals surface area contributed by atoms with E-state index in [1.165, 1.54) is 29.9 Å². The number of sulfonamides is 1. The van der Waals surface area contributed by atoms with Gasteiger partial charge in [0, 0.05) is 26.2 Å². The molecule has 0 radical (unpaired) electrons. The molecule has 27 heavy (non-hydrogen) atoms. The van der Waals surface area contributed by atoms with Crippen molar-refractivity contribution in [1.29, 1.82) is 0 Å². The average Bonchev–Trinajstić information content (AvgIpc) is 2.95. The number of aromatic nitrogens is 2. The van der Waals surface area contributed by atoms with Gasteiger partial charge >= 0.3 is 0 Å². The summed E-state index contributed by atoms with van der Waals surface area (Å²) in [7, 11) is -2.08. The van der Waals surface area contributed by atoms with E-state index in [9.17, 15) is 12.8 Å². The first-order chi connectivity index (χ1) is 13.0. The molecule has 7 nitrogen and oxygen atoms in total. The van der Waals surface area contributed by atoms with Gasteiger partial charge in [-0.3, -0.25) is 0 Å². The van der Waals surface area contributed by atoms with Gasteiger partial charge in [0.15, 0.2) is 11.6 Å². The molecule has 0 bridgehead atoms. The third kappa shape index (κ3) is 4.03. The summed E-state index contributed by atoms with van der Waals surface area (Å²) >= 11 is 0. The van der Waals surface area contributed by atoms with Crippen molar-refractivity contribution >= 4 is 15.8 Å². The molecule has 9 heteroatoms. The van der Waals surface area contributed by atoms with Gasteiger partial charge in [0.2, 0.25) is 10.0 Å². The van der Waals surface area contributed by atoms with Crippen LogP contribution in [0, 0.1) is 5.82 Å². The number of methoxy groups -OCH3 is 1. The zero-order valence-corrected chi connectivity index (χ0v) is 16.2. The lowest BCUT2D eigenvalue weighted by molar-refractivity contribution is 0.413. The minimum absolute atomic E-state index is 0.221. The molecular formula is C18H23FN4O3S. The molecule has 146 valence electrons. The quantitative estimate of drug-likeness (QED) is 0.773. The third-order valence-corrected chi connectivity index (χ3v) is 6.54. The van der Waals surface area contributed by atoms with Crippen LogP contribution in [0.2, 0.25) is 0 Å². The molecule has 1 aliphatic rings. The van der Waals surface area contributed by atoms with E-state index in [0.717, 1.165) is 0 Å². The molecule has 0 atom stereocenters. The van der Waals surface area contributed by atoms with Gasteiger partial charge in [0.05, 0.1) is 17.7 Å². The van der Waals surface area contributed by atoms with Crippen molar-refractivity contribution < 1.29 is 17.5 Å². The highest BCUT2D eigenvalue weighted by Gasteiger charge is 2.28. The molecule has 0 unspecified atom stereocenters. The molecule has 0 saturated carbocycles. The van der Waals surface area contributed by atoms with Crippen LogP contribution in [0.15, 0.2) is 35.5 Å². The Morgan fingerprint density at radius 3 is 2.52 bits per heavy atom. The lowest BCUT2D eigenvalue weighted by atomic mass is 10.3. The van der Waals surface area contributed by atoms with Crippen molar-refractivity contribution in [3.8, 4) is 5.75 Å². The summed E-state index contributed by atoms with van der Waals surface area (Å²) < 4.78 is 46.9. The first-order valence-electron chi connectivity index (χ1n) is 8.86. The highest BCUT2D eigenvalue weighted by Crippen LogP contribution is 2.23. The van der Waals surface area contributed by atoms with Gasteiger partial charge in [-0.25, -0.2) is 22.8 Å². The van der Waals surface area contributed by atoms with Crippen LogP contribution in [0.25, 0.3) is 0 Å². The first-order valence-corrected chi connectivity index (χ1v) is 10.3. The number of anilines is 1. The Labute approximate surface area is 158 Å². The van der Waals surface area contributed by atoms with Crippen LogP contribution in [0.1, 0.15) is 19.0 Å². The van der Waals surface area contributed by atoms with Crippen LogP contribution < -0.4 is 9.64 Å². The molecule has 0 amide bonds. The Hall–Kier alpha value is -2.26. The maximum Gasteiger partial charge on any atom is 0.243 e. The second kappa shape index (κ2) is 8.18. The molecule has 1 aromatic carbocycles. The molecule has 1 aromatic heterocycles. The minimum Gasteiger partial charge on any atom is -0.497 e. The van der Waals surface area contributed by atoms with Gasteiger partial charge in [-0.15, -0.1) is 0 Å². The summed E-state index contributed by atoms with van der Waals surface area (Å²) in [5.74, 6) is 0.416. The SMILES string of the molecule is CCc1ncnc(N2CCCN(S(=O)(=O)c3ccc(OC)cc3)CC2)c1F. The van der Waals surface area contributed by atoms with E-state index in [-0.39, 0.29) is 17.3 Å². The fourth-order valence-electron chi connectivity index (χ4n) is 3.11. The van der Waals surface area contributed by atoms with E-state index >= 15 is 0 Å². The summed E-state index contributed by atoms with van der Waals surface area (Å²) in [6.45, 7) is 3.37. The Morgan fingerprint density at radius 2 is 1.85 bits per heavy atom. The summed E-state index contributed by atoms with van der Waals surface area (Å²) in [6.07, 6.45) is 2.42. The molecule has 2 heterocycles. The number of halogens is 1. The summed E-state index contributed by atoms with van der Waals surface area (Å²) in [4.78, 5) is 10.0. The summed E-state index contributed by atoms with van der Waals surface area (Å²) in [6, 6.07) is 6.32. The van der Waals surface area contributed by atoms with E-state index < -0.39 is 15.8 Å². The fourth-order valence-corrected chi connectivity index (χ4v) is 4.57. The summed E-state index contributed by atoms with van der Waals surface area (Å²) in [5, 5.41) is 0. The van der Waals surface area contributed by atoms with Crippen molar-refractivity contribution in [2.45, 2.75) is 24.7 Å². The van der Waals surface area contributed by atoms with Crippen LogP contribution in [0.4, 0.5) is 10.2 Å². The summed E-state index contributed by atoms with van der Waals surface area (Å²) in [5.41, 5.74) is 0.368. The predicted molar refractivity (Wildman–Crippen MR) is 100.0 cm³/mol. The van der Waals surface area contributed by atoms with E-state index in [4.69, 9.17) is 4.74 Å². The number of rotatable bonds is 5. The zero-order chi connectivity index (χ0) is 19.4. The van der Waals surface area contributed by atoms with Crippen molar-refractivity contribution in [2.75, 3.05) is 38.2 Å². The van der Waals surface area contributed by atoms with Crippen molar-refractivity contribution in [1.82, 2.24) is 14.3 Å². The third-order valence-electron chi connectivity index (χ3n) is 4.63. The second-order valence-corrected chi connectivity index (χ2v) is 8.17. The lowest BCUT2D eigenvalue weighted by Crippen LogP contribution is -2.35. The fraction of sp³-hybridized carbons (Fsp3) is 0.444. The molecule has 1 saturated heterocycles. The predicted octanol–water partition coefficient (Wildman–Crippen LogP) is 2.09. The van der Waals surface area contributed by atoms with E-state index in [2.05, 4.69) is 9.97 Å². The number of hydrogen-bond donors (Lipinski definition) is 0. The maximum atomic E-state index is 14.5. The second-order valence-electron chi connectivity index (χ2n) is 6.23. The Balaban J connectivity index is 1.78. The van der Waals surface area contributed by atoms with Gasteiger partial charge in [-0.05, 0) is 37.1 Å². The number of hydrogen-bond acceptors (Lipinski definition) is 6. The molecule has 0 N–H and O–H groups in total. The molecule has 2 aromatic rings. The Kier molecular flexibility index (Phi) is 5.91. The number of benzene rings is 1. The van der Waals surface area contributed by atoms with Crippen LogP contribution in [0.5, 0.6) is 5.75 Å². The van der Waals surface area contributed by atoms with Crippen LogP contribution in [0.3, 0.4) is 0 Å². The number of ether oxygens (including phenoxy) is 1. The van der Waals surface area contributed by atoms with E-state index in [1.54, 1.807) is 17.0 Å². The zero-order valence-electron chi connectivity index (χ0n) is 15.4. The maximum absolute atomic E-state index is 14.5. The van der Waals surface area contributed by atoms with Crippen LogP contribution in [-0.2, 0) is 16.4 Å². The van der Waals surface area contributed by atoms with Crippen molar-refractivity contribution in [2.24, 2.45) is 0 Å².